The maximum Gasteiger partial charge on any atom is 0.412 e. The average molecular weight is 441 g/mol. The number of nitrogens with zero attached hydrogens (tertiary/aromatic N) is 2. The van der Waals surface area contributed by atoms with Gasteiger partial charge in [-0.1, -0.05) is 32.9 Å². The molecule has 4 atom stereocenters. The van der Waals surface area contributed by atoms with E-state index in [-0.39, 0.29) is 36.1 Å². The molecule has 0 spiro atoms. The molecule has 32 heavy (non-hydrogen) atoms. The molecule has 170 valence electrons. The number of ether oxygens (including phenoxy) is 3. The lowest BCUT2D eigenvalue weighted by Crippen LogP contribution is -2.38. The van der Waals surface area contributed by atoms with Crippen molar-refractivity contribution in [2.24, 2.45) is 0 Å². The van der Waals surface area contributed by atoms with Crippen LogP contribution >= 0.6 is 0 Å². The van der Waals surface area contributed by atoms with Crippen LogP contribution in [0.1, 0.15) is 43.7 Å². The van der Waals surface area contributed by atoms with Gasteiger partial charge in [0.15, 0.2) is 11.9 Å². The summed E-state index contributed by atoms with van der Waals surface area (Å²) in [6, 6.07) is 8.44. The fourth-order valence-corrected chi connectivity index (χ4v) is 3.80. The maximum absolute atomic E-state index is 12.4. The lowest BCUT2D eigenvalue weighted by atomic mass is 9.92. The topological polar surface area (TPSA) is 112 Å². The van der Waals surface area contributed by atoms with Crippen LogP contribution in [-0.4, -0.2) is 59.4 Å². The highest BCUT2D eigenvalue weighted by molar-refractivity contribution is 5.96. The molecular weight excluding hydrogens is 412 g/mol. The molecule has 4 rings (SSSR count). The molecule has 1 amide bonds. The van der Waals surface area contributed by atoms with Crippen molar-refractivity contribution in [3.8, 4) is 0 Å². The lowest BCUT2D eigenvalue weighted by molar-refractivity contribution is 0.00916. The number of hydrogen-bond acceptors (Lipinski definition) is 8. The quantitative estimate of drug-likeness (QED) is 0.682. The van der Waals surface area contributed by atoms with Crippen molar-refractivity contribution in [1.29, 1.82) is 0 Å². The molecular formula is C23H28N4O5. The highest BCUT2D eigenvalue weighted by Gasteiger charge is 2.49. The standard InChI is InChI=1S/C23H28N4O5/c1-13(28)14-6-5-7-15(10-14)25-22(29)32-17-12-31-19-16(11-30-20(17)19)26-21-24-9-8-18(27-21)23(2,3)4/h5-10,16-17,19-20H,11-12H2,1-4H3,(H,25,29)(H,24,26,27). The molecule has 2 aliphatic heterocycles. The number of nitrogens with one attached hydrogen (secondary N) is 2. The zero-order valence-electron chi connectivity index (χ0n) is 18.6. The Labute approximate surface area is 186 Å². The van der Waals surface area contributed by atoms with Crippen LogP contribution in [0.3, 0.4) is 0 Å². The molecule has 4 unspecified atom stereocenters. The summed E-state index contributed by atoms with van der Waals surface area (Å²) in [7, 11) is 0. The number of benzene rings is 1. The second kappa shape index (κ2) is 8.84. The van der Waals surface area contributed by atoms with E-state index in [0.717, 1.165) is 5.69 Å². The summed E-state index contributed by atoms with van der Waals surface area (Å²) >= 11 is 0. The number of amides is 1. The normalized spacial score (nSPS) is 24.6. The summed E-state index contributed by atoms with van der Waals surface area (Å²) in [6.45, 7) is 8.38. The summed E-state index contributed by atoms with van der Waals surface area (Å²) in [5.41, 5.74) is 1.84. The Morgan fingerprint density at radius 3 is 2.66 bits per heavy atom. The second-order valence-electron chi connectivity index (χ2n) is 9.07. The molecule has 1 aromatic heterocycles. The first-order valence-electron chi connectivity index (χ1n) is 10.6. The molecule has 2 aromatic rings. The minimum atomic E-state index is -0.624. The second-order valence-corrected chi connectivity index (χ2v) is 9.07. The summed E-state index contributed by atoms with van der Waals surface area (Å²) in [5, 5.41) is 5.95. The van der Waals surface area contributed by atoms with Gasteiger partial charge in [-0.05, 0) is 25.1 Å². The number of anilines is 2. The van der Waals surface area contributed by atoms with Crippen molar-refractivity contribution in [3.05, 3.63) is 47.8 Å². The van der Waals surface area contributed by atoms with Crippen LogP contribution in [0.5, 0.6) is 0 Å². The van der Waals surface area contributed by atoms with Crippen LogP contribution in [0.15, 0.2) is 36.5 Å². The van der Waals surface area contributed by atoms with E-state index in [4.69, 9.17) is 14.2 Å². The third-order valence-electron chi connectivity index (χ3n) is 5.52. The molecule has 0 radical (unpaired) electrons. The number of aromatic nitrogens is 2. The lowest BCUT2D eigenvalue weighted by Gasteiger charge is -2.20. The van der Waals surface area contributed by atoms with Crippen LogP contribution in [-0.2, 0) is 19.6 Å². The predicted octanol–water partition coefficient (Wildman–Crippen LogP) is 3.17. The van der Waals surface area contributed by atoms with E-state index < -0.39 is 12.2 Å². The van der Waals surface area contributed by atoms with Crippen molar-refractivity contribution in [2.75, 3.05) is 23.8 Å². The summed E-state index contributed by atoms with van der Waals surface area (Å²) in [5.74, 6) is 0.437. The number of ketones is 1. The zero-order chi connectivity index (χ0) is 22.9. The Kier molecular flexibility index (Phi) is 6.12. The highest BCUT2D eigenvalue weighted by Crippen LogP contribution is 2.31. The van der Waals surface area contributed by atoms with Crippen LogP contribution in [0.25, 0.3) is 0 Å². The molecule has 9 heteroatoms. The van der Waals surface area contributed by atoms with Crippen LogP contribution in [0, 0.1) is 0 Å². The monoisotopic (exact) mass is 440 g/mol. The summed E-state index contributed by atoms with van der Waals surface area (Å²) in [6.07, 6.45) is -0.0927. The van der Waals surface area contributed by atoms with Crippen molar-refractivity contribution in [1.82, 2.24) is 9.97 Å². The fourth-order valence-electron chi connectivity index (χ4n) is 3.80. The number of fused-ring (bicyclic) bond motifs is 1. The van der Waals surface area contributed by atoms with Crippen molar-refractivity contribution < 1.29 is 23.8 Å². The zero-order valence-corrected chi connectivity index (χ0v) is 18.6. The first-order valence-corrected chi connectivity index (χ1v) is 10.6. The minimum Gasteiger partial charge on any atom is -0.441 e. The third-order valence-corrected chi connectivity index (χ3v) is 5.52. The van der Waals surface area contributed by atoms with Gasteiger partial charge < -0.3 is 19.5 Å². The molecule has 1 aromatic carbocycles. The number of rotatable bonds is 5. The average Bonchev–Trinajstić information content (AvgIpc) is 3.31. The van der Waals surface area contributed by atoms with Gasteiger partial charge >= 0.3 is 6.09 Å². The summed E-state index contributed by atoms with van der Waals surface area (Å²) < 4.78 is 17.3. The Hall–Kier alpha value is -3.04. The molecule has 9 nitrogen and oxygen atoms in total. The number of carbonyl (C=O) groups is 2. The van der Waals surface area contributed by atoms with E-state index in [2.05, 4.69) is 41.4 Å². The number of hydrogen-bond donors (Lipinski definition) is 2. The highest BCUT2D eigenvalue weighted by atomic mass is 16.6. The molecule has 2 saturated heterocycles. The van der Waals surface area contributed by atoms with Gasteiger partial charge in [-0.25, -0.2) is 14.8 Å². The Morgan fingerprint density at radius 2 is 1.91 bits per heavy atom. The van der Waals surface area contributed by atoms with Gasteiger partial charge in [0.2, 0.25) is 5.95 Å². The van der Waals surface area contributed by atoms with Crippen LogP contribution < -0.4 is 10.6 Å². The van der Waals surface area contributed by atoms with Gasteiger partial charge in [-0.3, -0.25) is 10.1 Å². The molecule has 0 saturated carbocycles. The van der Waals surface area contributed by atoms with Gasteiger partial charge in [0.05, 0.1) is 24.9 Å². The van der Waals surface area contributed by atoms with Gasteiger partial charge in [-0.2, -0.15) is 0 Å². The largest absolute Gasteiger partial charge is 0.441 e. The Bertz CT molecular complexity index is 1010. The van der Waals surface area contributed by atoms with Crippen LogP contribution in [0.4, 0.5) is 16.4 Å². The molecule has 2 aliphatic rings. The van der Waals surface area contributed by atoms with E-state index in [1.807, 2.05) is 6.07 Å². The van der Waals surface area contributed by atoms with Crippen LogP contribution in [0.2, 0.25) is 0 Å². The molecule has 3 heterocycles. The van der Waals surface area contributed by atoms with Gasteiger partial charge in [0, 0.05) is 22.9 Å². The van der Waals surface area contributed by atoms with Crippen molar-refractivity contribution in [3.63, 3.8) is 0 Å². The maximum atomic E-state index is 12.4. The molecule has 0 bridgehead atoms. The SMILES string of the molecule is CC(=O)c1cccc(NC(=O)OC2COC3C(Nc4nccc(C(C)(C)C)n4)COC23)c1. The first-order chi connectivity index (χ1) is 15.2. The Morgan fingerprint density at radius 1 is 1.12 bits per heavy atom. The Balaban J connectivity index is 1.35. The van der Waals surface area contributed by atoms with E-state index in [0.29, 0.717) is 23.8 Å². The minimum absolute atomic E-state index is 0.0797. The molecule has 2 fully saturated rings. The smallest absolute Gasteiger partial charge is 0.412 e. The van der Waals surface area contributed by atoms with Gasteiger partial charge in [0.25, 0.3) is 0 Å². The van der Waals surface area contributed by atoms with E-state index in [1.165, 1.54) is 6.92 Å². The third kappa shape index (κ3) is 4.89. The summed E-state index contributed by atoms with van der Waals surface area (Å²) in [4.78, 5) is 32.8. The predicted molar refractivity (Wildman–Crippen MR) is 118 cm³/mol. The van der Waals surface area contributed by atoms with E-state index in [1.54, 1.807) is 30.5 Å². The van der Waals surface area contributed by atoms with Gasteiger partial charge in [-0.15, -0.1) is 0 Å². The molecule has 0 aliphatic carbocycles. The van der Waals surface area contributed by atoms with Crippen molar-refractivity contribution in [2.45, 2.75) is 57.5 Å². The molecule has 2 N–H and O–H groups in total. The van der Waals surface area contributed by atoms with E-state index >= 15 is 0 Å². The number of carbonyl (C=O) groups excluding carboxylic acids is 2. The van der Waals surface area contributed by atoms with Crippen molar-refractivity contribution >= 4 is 23.5 Å². The fraction of sp³-hybridized carbons (Fsp3) is 0.478. The van der Waals surface area contributed by atoms with Gasteiger partial charge in [0.1, 0.15) is 12.2 Å². The van der Waals surface area contributed by atoms with E-state index in [9.17, 15) is 9.59 Å². The number of Topliss-reactive ketones (excluding diaryl/α,β-unsaturated/α-hetero) is 1. The first kappa shape index (κ1) is 22.2.